The Hall–Kier alpha value is -1.63. The van der Waals surface area contributed by atoms with Crippen LogP contribution in [0.5, 0.6) is 0 Å². The van der Waals surface area contributed by atoms with E-state index < -0.39 is 55.6 Å². The van der Waals surface area contributed by atoms with Gasteiger partial charge in [-0.05, 0) is 31.2 Å². The lowest BCUT2D eigenvalue weighted by molar-refractivity contribution is -0.303. The molecule has 0 spiro atoms. The molecule has 10 heteroatoms. The van der Waals surface area contributed by atoms with Gasteiger partial charge in [0.1, 0.15) is 30.5 Å². The first kappa shape index (κ1) is 44.5. The van der Waals surface area contributed by atoms with Gasteiger partial charge in [-0.25, -0.2) is 0 Å². The van der Waals surface area contributed by atoms with Crippen molar-refractivity contribution in [1.29, 1.82) is 0 Å². The minimum absolute atomic E-state index is 0.270. The third kappa shape index (κ3) is 18.7. The highest BCUT2D eigenvalue weighted by Gasteiger charge is 2.44. The van der Waals surface area contributed by atoms with Crippen molar-refractivity contribution in [2.45, 2.75) is 197 Å². The zero-order chi connectivity index (χ0) is 36.4. The third-order valence-corrected chi connectivity index (χ3v) is 10.0. The molecule has 0 aromatic heterocycles. The number of carbonyl (C=O) groups excluding carboxylic acids is 1. The number of carbonyl (C=O) groups is 1. The fraction of sp³-hybridized carbons (Fsp3) is 0.825. The van der Waals surface area contributed by atoms with Gasteiger partial charge in [0.05, 0.1) is 25.4 Å². The van der Waals surface area contributed by atoms with Gasteiger partial charge in [-0.15, -0.1) is 0 Å². The molecule has 1 heterocycles. The molecule has 0 bridgehead atoms. The van der Waals surface area contributed by atoms with Gasteiger partial charge in [-0.1, -0.05) is 146 Å². The number of hydrogen-bond acceptors (Lipinski definition) is 9. The summed E-state index contributed by atoms with van der Waals surface area (Å²) in [7, 11) is 0. The number of hydrogen-bond donors (Lipinski definition) is 7. The van der Waals surface area contributed by atoms with Gasteiger partial charge >= 0.3 is 0 Å². The van der Waals surface area contributed by atoms with Gasteiger partial charge < -0.3 is 45.4 Å². The van der Waals surface area contributed by atoms with Gasteiger partial charge in [0.15, 0.2) is 6.29 Å². The quantitative estimate of drug-likeness (QED) is 0.0513. The van der Waals surface area contributed by atoms with Crippen LogP contribution in [0.2, 0.25) is 0 Å². The van der Waals surface area contributed by atoms with Crippen LogP contribution in [0, 0.1) is 0 Å². The smallest absolute Gasteiger partial charge is 0.220 e. The molecule has 1 saturated heterocycles. The third-order valence-electron chi connectivity index (χ3n) is 10.0. The van der Waals surface area contributed by atoms with E-state index in [1.807, 2.05) is 6.07 Å². The van der Waals surface area contributed by atoms with E-state index in [4.69, 9.17) is 9.47 Å². The molecule has 1 aliphatic rings. The van der Waals surface area contributed by atoms with E-state index in [2.05, 4.69) is 36.5 Å². The van der Waals surface area contributed by atoms with Crippen LogP contribution < -0.4 is 5.32 Å². The minimum Gasteiger partial charge on any atom is -0.394 e. The van der Waals surface area contributed by atoms with Crippen LogP contribution in [0.25, 0.3) is 0 Å². The van der Waals surface area contributed by atoms with Crippen LogP contribution in [-0.4, -0.2) is 98.7 Å². The van der Waals surface area contributed by atoms with Crippen LogP contribution in [0.4, 0.5) is 0 Å². The number of benzene rings is 1. The topological polar surface area (TPSA) is 169 Å². The summed E-state index contributed by atoms with van der Waals surface area (Å²) in [5, 5.41) is 64.9. The number of nitrogens with one attached hydrogen (secondary N) is 1. The predicted octanol–water partition coefficient (Wildman–Crippen LogP) is 5.46. The Labute approximate surface area is 302 Å². The largest absolute Gasteiger partial charge is 0.394 e. The summed E-state index contributed by atoms with van der Waals surface area (Å²) in [6.07, 6.45) is 13.6. The minimum atomic E-state index is -1.61. The summed E-state index contributed by atoms with van der Waals surface area (Å²) in [6.45, 7) is 1.32. The molecule has 4 unspecified atom stereocenters. The molecule has 7 N–H and O–H groups in total. The highest BCUT2D eigenvalue weighted by molar-refractivity contribution is 5.76. The monoisotopic (exact) mass is 710 g/mol. The summed E-state index contributed by atoms with van der Waals surface area (Å²) in [6, 6.07) is 9.52. The first-order chi connectivity index (χ1) is 24.3. The van der Waals surface area contributed by atoms with Crippen molar-refractivity contribution in [2.75, 3.05) is 13.2 Å². The van der Waals surface area contributed by atoms with Crippen molar-refractivity contribution < 1.29 is 44.9 Å². The van der Waals surface area contributed by atoms with E-state index in [0.29, 0.717) is 12.8 Å². The number of rotatable bonds is 30. The Morgan fingerprint density at radius 1 is 0.740 bits per heavy atom. The Kier molecular flexibility index (Phi) is 24.9. The number of aliphatic hydroxyl groups excluding tert-OH is 6. The van der Waals surface area contributed by atoms with E-state index >= 15 is 0 Å². The second-order valence-corrected chi connectivity index (χ2v) is 14.4. The molecule has 10 nitrogen and oxygen atoms in total. The maximum absolute atomic E-state index is 12.9. The number of aryl methyl sites for hydroxylation is 1. The Bertz CT molecular complexity index is 952. The van der Waals surface area contributed by atoms with E-state index in [9.17, 15) is 35.4 Å². The lowest BCUT2D eigenvalue weighted by atomic mass is 9.98. The summed E-state index contributed by atoms with van der Waals surface area (Å²) >= 11 is 0. The average molecular weight is 710 g/mol. The Balaban J connectivity index is 1.74. The molecular formula is C40H71NO9. The fourth-order valence-electron chi connectivity index (χ4n) is 6.68. The van der Waals surface area contributed by atoms with Gasteiger partial charge in [0, 0.05) is 6.42 Å². The Morgan fingerprint density at radius 3 is 1.86 bits per heavy atom. The number of amides is 1. The van der Waals surface area contributed by atoms with E-state index in [-0.39, 0.29) is 18.9 Å². The Morgan fingerprint density at radius 2 is 1.28 bits per heavy atom. The number of ether oxygens (including phenoxy) is 2. The van der Waals surface area contributed by atoms with Crippen LogP contribution in [0.15, 0.2) is 30.3 Å². The second-order valence-electron chi connectivity index (χ2n) is 14.4. The molecule has 1 aromatic rings. The van der Waals surface area contributed by atoms with Gasteiger partial charge in [-0.2, -0.15) is 0 Å². The summed E-state index contributed by atoms with van der Waals surface area (Å²) in [5.41, 5.74) is 1.37. The SMILES string of the molecule is CCCCCCCCCCCCCC[C@@H](O)[C@@H](O)[C@H](COC1OC(CO)C(O)C(O)[C@@H]1O)NC(=O)CCCCCCCCCc1ccccc1. The summed E-state index contributed by atoms with van der Waals surface area (Å²) in [4.78, 5) is 12.9. The molecule has 1 aliphatic heterocycles. The van der Waals surface area contributed by atoms with Crippen LogP contribution in [-0.2, 0) is 20.7 Å². The summed E-state index contributed by atoms with van der Waals surface area (Å²) in [5.74, 6) is -0.271. The van der Waals surface area contributed by atoms with Crippen molar-refractivity contribution in [2.24, 2.45) is 0 Å². The van der Waals surface area contributed by atoms with Crippen molar-refractivity contribution >= 4 is 5.91 Å². The molecule has 2 rings (SSSR count). The molecule has 50 heavy (non-hydrogen) atoms. The van der Waals surface area contributed by atoms with Crippen molar-refractivity contribution in [3.05, 3.63) is 35.9 Å². The van der Waals surface area contributed by atoms with Gasteiger partial charge in [0.2, 0.25) is 5.91 Å². The van der Waals surface area contributed by atoms with Crippen molar-refractivity contribution in [1.82, 2.24) is 5.32 Å². The lowest BCUT2D eigenvalue weighted by Gasteiger charge is -2.40. The second kappa shape index (κ2) is 27.9. The first-order valence-electron chi connectivity index (χ1n) is 19.9. The molecule has 290 valence electrons. The maximum Gasteiger partial charge on any atom is 0.220 e. The molecule has 1 fully saturated rings. The fourth-order valence-corrected chi connectivity index (χ4v) is 6.68. The lowest BCUT2D eigenvalue weighted by Crippen LogP contribution is -2.60. The molecule has 0 aliphatic carbocycles. The molecule has 0 saturated carbocycles. The summed E-state index contributed by atoms with van der Waals surface area (Å²) < 4.78 is 11.1. The van der Waals surface area contributed by atoms with E-state index in [0.717, 1.165) is 51.4 Å². The zero-order valence-electron chi connectivity index (χ0n) is 30.9. The zero-order valence-corrected chi connectivity index (χ0v) is 30.9. The van der Waals surface area contributed by atoms with E-state index in [1.54, 1.807) is 0 Å². The molecular weight excluding hydrogens is 638 g/mol. The standard InChI is InChI=1S/C40H71NO9/c1-2-3-4-5-6-7-8-9-10-13-16-22-27-33(43)36(45)32(30-49-40-39(48)38(47)37(46)34(29-42)50-40)41-35(44)28-23-17-14-11-12-15-19-24-31-25-20-18-21-26-31/h18,20-21,25-26,32-34,36-40,42-43,45-48H,2-17,19,22-24,27-30H2,1H3,(H,41,44)/t32-,33+,34?,36-,37?,38?,39-,40?/m0/s1. The first-order valence-corrected chi connectivity index (χ1v) is 19.9. The van der Waals surface area contributed by atoms with Gasteiger partial charge in [-0.3, -0.25) is 4.79 Å². The molecule has 8 atom stereocenters. The van der Waals surface area contributed by atoms with Crippen LogP contribution >= 0.6 is 0 Å². The molecule has 1 aromatic carbocycles. The highest BCUT2D eigenvalue weighted by Crippen LogP contribution is 2.23. The van der Waals surface area contributed by atoms with Crippen LogP contribution in [0.1, 0.15) is 147 Å². The van der Waals surface area contributed by atoms with E-state index in [1.165, 1.54) is 76.2 Å². The van der Waals surface area contributed by atoms with Crippen molar-refractivity contribution in [3.63, 3.8) is 0 Å². The highest BCUT2D eigenvalue weighted by atomic mass is 16.7. The number of unbranched alkanes of at least 4 members (excludes halogenated alkanes) is 17. The average Bonchev–Trinajstić information content (AvgIpc) is 3.12. The predicted molar refractivity (Wildman–Crippen MR) is 196 cm³/mol. The molecule has 0 radical (unpaired) electrons. The maximum atomic E-state index is 12.9. The number of aliphatic hydroxyl groups is 6. The molecule has 1 amide bonds. The normalized spacial score (nSPS) is 22.7. The van der Waals surface area contributed by atoms with Crippen molar-refractivity contribution in [3.8, 4) is 0 Å². The van der Waals surface area contributed by atoms with Gasteiger partial charge in [0.25, 0.3) is 0 Å². The van der Waals surface area contributed by atoms with Crippen LogP contribution in [0.3, 0.4) is 0 Å².